The average Bonchev–Trinajstić information content (AvgIpc) is 2.96. The lowest BCUT2D eigenvalue weighted by molar-refractivity contribution is -0.145. The number of likely N-dealkylation sites (tertiary alicyclic amines) is 1. The molecule has 2 atom stereocenters. The molecule has 1 saturated heterocycles. The lowest BCUT2D eigenvalue weighted by Gasteiger charge is -2.29. The van der Waals surface area contributed by atoms with Gasteiger partial charge in [0, 0.05) is 32.1 Å². The molecule has 0 amide bonds. The molecular formula is C19H29FIN3O2. The molecule has 1 aliphatic rings. The molecule has 1 fully saturated rings. The predicted octanol–water partition coefficient (Wildman–Crippen LogP) is 3.04. The van der Waals surface area contributed by atoms with Gasteiger partial charge in [-0.15, -0.1) is 24.0 Å². The van der Waals surface area contributed by atoms with Crippen molar-refractivity contribution in [2.24, 2.45) is 16.8 Å². The molecule has 1 aromatic rings. The van der Waals surface area contributed by atoms with Gasteiger partial charge in [-0.25, -0.2) is 4.39 Å². The first-order chi connectivity index (χ1) is 11.8. The second-order valence-electron chi connectivity index (χ2n) is 7.31. The zero-order valence-corrected chi connectivity index (χ0v) is 18.4. The second-order valence-corrected chi connectivity index (χ2v) is 7.31. The summed E-state index contributed by atoms with van der Waals surface area (Å²) in [5.41, 5.74) is 0.670. The van der Waals surface area contributed by atoms with Crippen LogP contribution in [0.3, 0.4) is 0 Å². The van der Waals surface area contributed by atoms with Crippen LogP contribution in [-0.4, -0.2) is 50.6 Å². The summed E-state index contributed by atoms with van der Waals surface area (Å²) < 4.78 is 18.4. The summed E-state index contributed by atoms with van der Waals surface area (Å²) in [6.07, 6.45) is 0. The molecular weight excluding hydrogens is 448 g/mol. The number of methoxy groups -OCH3 is 1. The molecule has 1 aromatic carbocycles. The van der Waals surface area contributed by atoms with Crippen LogP contribution in [0.1, 0.15) is 26.3 Å². The van der Waals surface area contributed by atoms with E-state index < -0.39 is 0 Å². The number of carbonyl (C=O) groups excluding carboxylic acids is 1. The number of rotatable bonds is 4. The maximum absolute atomic E-state index is 13.5. The molecule has 2 unspecified atom stereocenters. The number of benzene rings is 1. The number of nitrogens with one attached hydrogen (secondary N) is 1. The molecule has 26 heavy (non-hydrogen) atoms. The zero-order chi connectivity index (χ0) is 18.6. The molecule has 7 heteroatoms. The van der Waals surface area contributed by atoms with E-state index in [9.17, 15) is 9.18 Å². The number of carbonyl (C=O) groups is 1. The van der Waals surface area contributed by atoms with Crippen LogP contribution in [0, 0.1) is 17.7 Å². The molecule has 1 heterocycles. The van der Waals surface area contributed by atoms with Crippen LogP contribution in [0.5, 0.6) is 0 Å². The Kier molecular flexibility index (Phi) is 8.30. The number of aliphatic imine (C=N–C) groups is 1. The molecule has 0 aliphatic carbocycles. The van der Waals surface area contributed by atoms with E-state index in [1.54, 1.807) is 19.2 Å². The number of hydrogen-bond acceptors (Lipinski definition) is 3. The van der Waals surface area contributed by atoms with E-state index in [1.807, 2.05) is 13.0 Å². The van der Waals surface area contributed by atoms with Gasteiger partial charge in [0.15, 0.2) is 5.96 Å². The lowest BCUT2D eigenvalue weighted by Crippen LogP contribution is -2.45. The Morgan fingerprint density at radius 3 is 2.69 bits per heavy atom. The van der Waals surface area contributed by atoms with Crippen molar-refractivity contribution in [2.75, 3.05) is 33.8 Å². The van der Waals surface area contributed by atoms with E-state index in [1.165, 1.54) is 13.2 Å². The maximum atomic E-state index is 13.5. The van der Waals surface area contributed by atoms with Crippen LogP contribution in [0.4, 0.5) is 4.39 Å². The Hall–Kier alpha value is -1.38. The average molecular weight is 477 g/mol. The van der Waals surface area contributed by atoms with E-state index in [0.717, 1.165) is 18.1 Å². The Labute approximate surface area is 172 Å². The standard InChI is InChI=1S/C19H28FN3O2.HI/c1-13-10-23(11-16(13)17(24)25-5)18(21-4)22-12-19(2,3)14-7-6-8-15(20)9-14;/h6-9,13,16H,10-12H2,1-5H3,(H,21,22);1H. The van der Waals surface area contributed by atoms with Gasteiger partial charge in [-0.2, -0.15) is 0 Å². The van der Waals surface area contributed by atoms with E-state index in [-0.39, 0.29) is 53.0 Å². The number of guanidine groups is 1. The second kappa shape index (κ2) is 9.53. The fraction of sp³-hybridized carbons (Fsp3) is 0.579. The maximum Gasteiger partial charge on any atom is 0.310 e. The zero-order valence-electron chi connectivity index (χ0n) is 16.1. The van der Waals surface area contributed by atoms with E-state index in [2.05, 4.69) is 29.1 Å². The normalized spacial score (nSPS) is 20.5. The van der Waals surface area contributed by atoms with Crippen LogP contribution in [0.25, 0.3) is 0 Å². The molecule has 0 aromatic heterocycles. The summed E-state index contributed by atoms with van der Waals surface area (Å²) >= 11 is 0. The number of ether oxygens (including phenoxy) is 1. The molecule has 2 rings (SSSR count). The van der Waals surface area contributed by atoms with E-state index in [4.69, 9.17) is 4.74 Å². The Morgan fingerprint density at radius 2 is 2.12 bits per heavy atom. The predicted molar refractivity (Wildman–Crippen MR) is 112 cm³/mol. The molecule has 0 saturated carbocycles. The summed E-state index contributed by atoms with van der Waals surface area (Å²) in [6.45, 7) is 8.12. The lowest BCUT2D eigenvalue weighted by atomic mass is 9.84. The van der Waals surface area contributed by atoms with Gasteiger partial charge in [-0.1, -0.05) is 32.9 Å². The third kappa shape index (κ3) is 5.31. The minimum atomic E-state index is -0.259. The monoisotopic (exact) mass is 477 g/mol. The Balaban J connectivity index is 0.00000338. The third-order valence-corrected chi connectivity index (χ3v) is 4.92. The SMILES string of the molecule is CN=C(NCC(C)(C)c1cccc(F)c1)N1CC(C)C(C(=O)OC)C1.I. The van der Waals surface area contributed by atoms with Crippen molar-refractivity contribution in [1.82, 2.24) is 10.2 Å². The van der Waals surface area contributed by atoms with Crippen molar-refractivity contribution in [3.05, 3.63) is 35.6 Å². The fourth-order valence-corrected chi connectivity index (χ4v) is 3.24. The third-order valence-electron chi connectivity index (χ3n) is 4.92. The van der Waals surface area contributed by atoms with Crippen LogP contribution >= 0.6 is 24.0 Å². The topological polar surface area (TPSA) is 53.9 Å². The highest BCUT2D eigenvalue weighted by atomic mass is 127. The smallest absolute Gasteiger partial charge is 0.310 e. The fourth-order valence-electron chi connectivity index (χ4n) is 3.24. The van der Waals surface area contributed by atoms with Gasteiger partial charge in [0.05, 0.1) is 13.0 Å². The van der Waals surface area contributed by atoms with Gasteiger partial charge in [-0.05, 0) is 23.6 Å². The highest BCUT2D eigenvalue weighted by molar-refractivity contribution is 14.0. The molecule has 1 aliphatic heterocycles. The number of halogens is 2. The molecule has 5 nitrogen and oxygen atoms in total. The summed E-state index contributed by atoms with van der Waals surface area (Å²) in [7, 11) is 3.15. The van der Waals surface area contributed by atoms with E-state index in [0.29, 0.717) is 13.1 Å². The first-order valence-corrected chi connectivity index (χ1v) is 8.58. The Bertz CT molecular complexity index is 651. The summed E-state index contributed by atoms with van der Waals surface area (Å²) in [4.78, 5) is 18.3. The first kappa shape index (κ1) is 22.7. The summed E-state index contributed by atoms with van der Waals surface area (Å²) in [5, 5.41) is 3.37. The van der Waals surface area contributed by atoms with Crippen molar-refractivity contribution in [1.29, 1.82) is 0 Å². The molecule has 0 spiro atoms. The highest BCUT2D eigenvalue weighted by Gasteiger charge is 2.37. The van der Waals surface area contributed by atoms with Crippen molar-refractivity contribution in [3.8, 4) is 0 Å². The van der Waals surface area contributed by atoms with E-state index >= 15 is 0 Å². The van der Waals surface area contributed by atoms with Gasteiger partial charge >= 0.3 is 5.97 Å². The van der Waals surface area contributed by atoms with Crippen LogP contribution in [0.2, 0.25) is 0 Å². The molecule has 0 radical (unpaired) electrons. The van der Waals surface area contributed by atoms with Gasteiger partial charge < -0.3 is 15.0 Å². The quantitative estimate of drug-likeness (QED) is 0.314. The van der Waals surface area contributed by atoms with Gasteiger partial charge in [-0.3, -0.25) is 9.79 Å². The number of hydrogen-bond donors (Lipinski definition) is 1. The molecule has 1 N–H and O–H groups in total. The van der Waals surface area contributed by atoms with Gasteiger partial charge in [0.1, 0.15) is 5.82 Å². The molecule has 146 valence electrons. The molecule has 0 bridgehead atoms. The largest absolute Gasteiger partial charge is 0.469 e. The van der Waals surface area contributed by atoms with Crippen molar-refractivity contribution >= 4 is 35.9 Å². The minimum Gasteiger partial charge on any atom is -0.469 e. The van der Waals surface area contributed by atoms with Crippen molar-refractivity contribution in [3.63, 3.8) is 0 Å². The van der Waals surface area contributed by atoms with Gasteiger partial charge in [0.25, 0.3) is 0 Å². The number of nitrogens with zero attached hydrogens (tertiary/aromatic N) is 2. The number of esters is 1. The summed E-state index contributed by atoms with van der Waals surface area (Å²) in [5.74, 6) is 0.416. The van der Waals surface area contributed by atoms with Crippen LogP contribution in [-0.2, 0) is 14.9 Å². The minimum absolute atomic E-state index is 0. The van der Waals surface area contributed by atoms with Crippen LogP contribution < -0.4 is 5.32 Å². The van der Waals surface area contributed by atoms with Gasteiger partial charge in [0.2, 0.25) is 0 Å². The highest BCUT2D eigenvalue weighted by Crippen LogP contribution is 2.25. The van der Waals surface area contributed by atoms with Crippen molar-refractivity contribution < 1.29 is 13.9 Å². The Morgan fingerprint density at radius 1 is 1.42 bits per heavy atom. The van der Waals surface area contributed by atoms with Crippen molar-refractivity contribution in [2.45, 2.75) is 26.2 Å². The first-order valence-electron chi connectivity index (χ1n) is 8.58. The summed E-state index contributed by atoms with van der Waals surface area (Å²) in [6, 6.07) is 6.67. The van der Waals surface area contributed by atoms with Crippen LogP contribution in [0.15, 0.2) is 29.3 Å².